The number of carbonyl (C=O) groups is 3. The number of anilines is 1. The molecule has 9 heteroatoms. The van der Waals surface area contributed by atoms with Crippen molar-refractivity contribution in [3.8, 4) is 0 Å². The van der Waals surface area contributed by atoms with Crippen LogP contribution in [0.2, 0.25) is 5.02 Å². The summed E-state index contributed by atoms with van der Waals surface area (Å²) in [6.45, 7) is 3.70. The minimum atomic E-state index is -0.873. The number of hydrogen-bond donors (Lipinski definition) is 3. The zero-order valence-corrected chi connectivity index (χ0v) is 18.7. The first-order chi connectivity index (χ1) is 14.3. The number of halogens is 2. The van der Waals surface area contributed by atoms with Gasteiger partial charge in [-0.15, -0.1) is 0 Å². The number of fused-ring (bicyclic) bond motifs is 1. The van der Waals surface area contributed by atoms with Crippen LogP contribution in [0.15, 0.2) is 53.0 Å². The maximum atomic E-state index is 13.0. The van der Waals surface area contributed by atoms with Crippen molar-refractivity contribution < 1.29 is 14.4 Å². The van der Waals surface area contributed by atoms with Crippen LogP contribution in [0.5, 0.6) is 0 Å². The minimum Gasteiger partial charge on any atom is -0.345 e. The Labute approximate surface area is 186 Å². The maximum Gasteiger partial charge on any atom is 0.328 e. The van der Waals surface area contributed by atoms with Crippen molar-refractivity contribution in [1.82, 2.24) is 9.99 Å². The number of hydrogen-bond acceptors (Lipinski definition) is 3. The number of nitrogens with one attached hydrogen (secondary N) is 3. The van der Waals surface area contributed by atoms with Gasteiger partial charge in [0, 0.05) is 15.9 Å². The quantitative estimate of drug-likeness (QED) is 0.465. The van der Waals surface area contributed by atoms with Gasteiger partial charge in [0.1, 0.15) is 5.69 Å². The summed E-state index contributed by atoms with van der Waals surface area (Å²) in [7, 11) is 0. The van der Waals surface area contributed by atoms with E-state index in [2.05, 4.69) is 32.0 Å². The normalized spacial score (nSPS) is 11.7. The number of rotatable bonds is 5. The number of amides is 3. The highest BCUT2D eigenvalue weighted by atomic mass is 79.9. The van der Waals surface area contributed by atoms with Crippen LogP contribution in [0.25, 0.3) is 10.9 Å². The molecule has 0 spiro atoms. The molecule has 7 nitrogen and oxygen atoms in total. The molecule has 0 saturated heterocycles. The highest BCUT2D eigenvalue weighted by Crippen LogP contribution is 2.25. The van der Waals surface area contributed by atoms with E-state index in [1.54, 1.807) is 49.4 Å². The predicted molar refractivity (Wildman–Crippen MR) is 121 cm³/mol. The van der Waals surface area contributed by atoms with Gasteiger partial charge in [-0.05, 0) is 49.7 Å². The molecular weight excluding hydrogens is 472 g/mol. The number of nitrogens with zero attached hydrogens (tertiary/aromatic N) is 1. The highest BCUT2D eigenvalue weighted by Gasteiger charge is 2.22. The summed E-state index contributed by atoms with van der Waals surface area (Å²) >= 11 is 9.53. The van der Waals surface area contributed by atoms with E-state index in [0.29, 0.717) is 28.0 Å². The fourth-order valence-corrected chi connectivity index (χ4v) is 3.33. The second-order valence-corrected chi connectivity index (χ2v) is 8.05. The van der Waals surface area contributed by atoms with Gasteiger partial charge < -0.3 is 10.6 Å². The summed E-state index contributed by atoms with van der Waals surface area (Å²) in [5, 5.41) is 6.42. The van der Waals surface area contributed by atoms with Gasteiger partial charge in [-0.2, -0.15) is 0 Å². The minimum absolute atomic E-state index is 0.146. The predicted octanol–water partition coefficient (Wildman–Crippen LogP) is 4.29. The number of carbonyl (C=O) groups excluding carboxylic acids is 3. The Hall–Kier alpha value is -2.84. The molecule has 1 aromatic heterocycles. The monoisotopic (exact) mass is 490 g/mol. The van der Waals surface area contributed by atoms with Gasteiger partial charge in [0.15, 0.2) is 0 Å². The SMILES string of the molecule is CC[C@H](C)NC(=O)C(=O)Nn1c(C(=O)Nc2ccccc2Cl)cc2cc(Br)ccc21. The van der Waals surface area contributed by atoms with Crippen LogP contribution in [0.4, 0.5) is 5.69 Å². The van der Waals surface area contributed by atoms with E-state index in [0.717, 1.165) is 4.47 Å². The van der Waals surface area contributed by atoms with Crippen LogP contribution in [0, 0.1) is 0 Å². The maximum absolute atomic E-state index is 13.0. The Bertz CT molecular complexity index is 1130. The second-order valence-electron chi connectivity index (χ2n) is 6.73. The van der Waals surface area contributed by atoms with Gasteiger partial charge >= 0.3 is 11.8 Å². The first-order valence-electron chi connectivity index (χ1n) is 9.29. The molecule has 0 fully saturated rings. The van der Waals surface area contributed by atoms with Crippen LogP contribution in [-0.4, -0.2) is 28.4 Å². The molecule has 0 saturated carbocycles. The summed E-state index contributed by atoms with van der Waals surface area (Å²) in [4.78, 5) is 37.6. The van der Waals surface area contributed by atoms with E-state index in [1.165, 1.54) is 4.68 Å². The molecule has 0 aliphatic rings. The van der Waals surface area contributed by atoms with Gasteiger partial charge in [-0.25, -0.2) is 4.68 Å². The number of aromatic nitrogens is 1. The average Bonchev–Trinajstić information content (AvgIpc) is 3.06. The molecule has 0 bridgehead atoms. The molecule has 3 aromatic rings. The van der Waals surface area contributed by atoms with Crippen molar-refractivity contribution in [2.45, 2.75) is 26.3 Å². The average molecular weight is 492 g/mol. The van der Waals surface area contributed by atoms with Gasteiger partial charge in [-0.3, -0.25) is 19.8 Å². The Morgan fingerprint density at radius 1 is 1.10 bits per heavy atom. The molecule has 30 heavy (non-hydrogen) atoms. The van der Waals surface area contributed by atoms with Gasteiger partial charge in [0.2, 0.25) is 0 Å². The molecule has 3 rings (SSSR count). The molecule has 0 aliphatic carbocycles. The zero-order chi connectivity index (χ0) is 21.8. The van der Waals surface area contributed by atoms with Crippen LogP contribution >= 0.6 is 27.5 Å². The Kier molecular flexibility index (Phi) is 6.79. The molecule has 0 aliphatic heterocycles. The van der Waals surface area contributed by atoms with Crippen LogP contribution < -0.4 is 16.1 Å². The molecule has 3 amide bonds. The first kappa shape index (κ1) is 21.9. The molecule has 3 N–H and O–H groups in total. The lowest BCUT2D eigenvalue weighted by Gasteiger charge is -2.14. The standard InChI is InChI=1S/C21H20BrClN4O3/c1-3-12(2)24-20(29)21(30)26-27-17-9-8-14(22)10-13(17)11-18(27)19(28)25-16-7-5-4-6-15(16)23/h4-12H,3H2,1-2H3,(H,24,29)(H,25,28)(H,26,30)/t12-/m0/s1. The van der Waals surface area contributed by atoms with E-state index in [9.17, 15) is 14.4 Å². The summed E-state index contributed by atoms with van der Waals surface area (Å²) < 4.78 is 2.11. The van der Waals surface area contributed by atoms with E-state index in [4.69, 9.17) is 11.6 Å². The molecule has 1 heterocycles. The van der Waals surface area contributed by atoms with Crippen molar-refractivity contribution in [2.24, 2.45) is 0 Å². The Balaban J connectivity index is 1.95. The second kappa shape index (κ2) is 9.32. The molecule has 0 radical (unpaired) electrons. The smallest absolute Gasteiger partial charge is 0.328 e. The molecular formula is C21H20BrClN4O3. The summed E-state index contributed by atoms with van der Waals surface area (Å²) in [6.07, 6.45) is 0.686. The van der Waals surface area contributed by atoms with Crippen molar-refractivity contribution in [3.63, 3.8) is 0 Å². The lowest BCUT2D eigenvalue weighted by atomic mass is 10.2. The molecule has 0 unspecified atom stereocenters. The van der Waals surface area contributed by atoms with E-state index < -0.39 is 17.7 Å². The van der Waals surface area contributed by atoms with Crippen molar-refractivity contribution in [3.05, 3.63) is 63.7 Å². The summed E-state index contributed by atoms with van der Waals surface area (Å²) in [5.41, 5.74) is 3.66. The number of benzene rings is 2. The van der Waals surface area contributed by atoms with E-state index in [-0.39, 0.29) is 11.7 Å². The van der Waals surface area contributed by atoms with Crippen molar-refractivity contribution in [2.75, 3.05) is 10.7 Å². The third-order valence-electron chi connectivity index (χ3n) is 4.53. The van der Waals surface area contributed by atoms with Gasteiger partial charge in [-0.1, -0.05) is 46.6 Å². The van der Waals surface area contributed by atoms with E-state index in [1.807, 2.05) is 13.0 Å². The summed E-state index contributed by atoms with van der Waals surface area (Å²) in [5.74, 6) is -2.14. The fraction of sp³-hybridized carbons (Fsp3) is 0.190. The van der Waals surface area contributed by atoms with Crippen molar-refractivity contribution >= 4 is 61.8 Å². The largest absolute Gasteiger partial charge is 0.345 e. The van der Waals surface area contributed by atoms with Gasteiger partial charge in [0.25, 0.3) is 5.91 Å². The topological polar surface area (TPSA) is 92.2 Å². The molecule has 2 aromatic carbocycles. The van der Waals surface area contributed by atoms with Crippen molar-refractivity contribution in [1.29, 1.82) is 0 Å². The lowest BCUT2D eigenvalue weighted by molar-refractivity contribution is -0.137. The Morgan fingerprint density at radius 3 is 2.53 bits per heavy atom. The van der Waals surface area contributed by atoms with E-state index >= 15 is 0 Å². The third-order valence-corrected chi connectivity index (χ3v) is 5.35. The lowest BCUT2D eigenvalue weighted by Crippen LogP contribution is -2.43. The molecule has 1 atom stereocenters. The third kappa shape index (κ3) is 4.83. The zero-order valence-electron chi connectivity index (χ0n) is 16.3. The first-order valence-corrected chi connectivity index (χ1v) is 10.5. The van der Waals surface area contributed by atoms with Crippen LogP contribution in [-0.2, 0) is 9.59 Å². The summed E-state index contributed by atoms with van der Waals surface area (Å²) in [6, 6.07) is 13.6. The van der Waals surface area contributed by atoms with Crippen LogP contribution in [0.3, 0.4) is 0 Å². The van der Waals surface area contributed by atoms with Gasteiger partial charge in [0.05, 0.1) is 16.2 Å². The fourth-order valence-electron chi connectivity index (χ4n) is 2.77. The Morgan fingerprint density at radius 2 is 1.83 bits per heavy atom. The highest BCUT2D eigenvalue weighted by molar-refractivity contribution is 9.10. The van der Waals surface area contributed by atoms with Crippen LogP contribution in [0.1, 0.15) is 30.8 Å². The molecule has 156 valence electrons. The number of para-hydroxylation sites is 1.